The van der Waals surface area contributed by atoms with Gasteiger partial charge in [0.15, 0.2) is 10.3 Å². The zero-order chi connectivity index (χ0) is 16.8. The monoisotopic (exact) mass is 352 g/mol. The zero-order valence-corrected chi connectivity index (χ0v) is 16.6. The summed E-state index contributed by atoms with van der Waals surface area (Å²) in [5, 5.41) is 8.05. The van der Waals surface area contributed by atoms with Gasteiger partial charge in [-0.2, -0.15) is 0 Å². The summed E-state index contributed by atoms with van der Waals surface area (Å²) in [6, 6.07) is 0.897. The van der Waals surface area contributed by atoms with Crippen LogP contribution in [-0.4, -0.2) is 45.2 Å². The predicted octanol–water partition coefficient (Wildman–Crippen LogP) is 3.77. The van der Waals surface area contributed by atoms with Crippen molar-refractivity contribution in [1.82, 2.24) is 10.2 Å². The van der Waals surface area contributed by atoms with Gasteiger partial charge in [0, 0.05) is 11.4 Å². The molecule has 0 aromatic rings. The average molecular weight is 353 g/mol. The van der Waals surface area contributed by atoms with Crippen LogP contribution >= 0.6 is 23.5 Å². The Kier molecular flexibility index (Phi) is 4.76. The Morgan fingerprint density at radius 3 is 2.65 bits per heavy atom. The Bertz CT molecular complexity index is 563. The van der Waals surface area contributed by atoms with Gasteiger partial charge in [0.1, 0.15) is 0 Å². The van der Waals surface area contributed by atoms with Crippen molar-refractivity contribution in [2.45, 2.75) is 59.2 Å². The summed E-state index contributed by atoms with van der Waals surface area (Å²) in [6.45, 7) is 14.5. The van der Waals surface area contributed by atoms with Crippen LogP contribution in [0.15, 0.2) is 21.1 Å². The van der Waals surface area contributed by atoms with Crippen molar-refractivity contribution in [2.24, 2.45) is 21.8 Å². The van der Waals surface area contributed by atoms with Gasteiger partial charge in [0.25, 0.3) is 0 Å². The molecular weight excluding hydrogens is 324 g/mol. The smallest absolute Gasteiger partial charge is 0.168 e. The Labute approximate surface area is 148 Å². The zero-order valence-electron chi connectivity index (χ0n) is 15.0. The highest BCUT2D eigenvalue weighted by Gasteiger charge is 2.43. The molecule has 0 radical (unpaired) electrons. The first kappa shape index (κ1) is 17.2. The van der Waals surface area contributed by atoms with Crippen LogP contribution in [0.25, 0.3) is 0 Å². The van der Waals surface area contributed by atoms with Crippen LogP contribution in [0.5, 0.6) is 0 Å². The van der Waals surface area contributed by atoms with Crippen molar-refractivity contribution in [2.75, 3.05) is 12.3 Å². The Balaban J connectivity index is 1.67. The van der Waals surface area contributed by atoms with E-state index < -0.39 is 0 Å². The van der Waals surface area contributed by atoms with Gasteiger partial charge >= 0.3 is 0 Å². The molecule has 23 heavy (non-hydrogen) atoms. The lowest BCUT2D eigenvalue weighted by Gasteiger charge is -2.33. The summed E-state index contributed by atoms with van der Waals surface area (Å²) in [7, 11) is 0. The van der Waals surface area contributed by atoms with Gasteiger partial charge in [-0.1, -0.05) is 51.2 Å². The van der Waals surface area contributed by atoms with Gasteiger partial charge in [-0.05, 0) is 31.1 Å². The Morgan fingerprint density at radius 1 is 1.35 bits per heavy atom. The second-order valence-electron chi connectivity index (χ2n) is 7.90. The van der Waals surface area contributed by atoms with E-state index in [1.165, 1.54) is 10.9 Å². The van der Waals surface area contributed by atoms with E-state index in [1.54, 1.807) is 11.8 Å². The van der Waals surface area contributed by atoms with Gasteiger partial charge in [0.2, 0.25) is 0 Å². The molecule has 3 aliphatic heterocycles. The maximum absolute atomic E-state index is 5.00. The second kappa shape index (κ2) is 6.36. The summed E-state index contributed by atoms with van der Waals surface area (Å²) in [6.07, 6.45) is 0. The van der Waals surface area contributed by atoms with Crippen LogP contribution in [-0.2, 0) is 0 Å². The van der Waals surface area contributed by atoms with E-state index in [-0.39, 0.29) is 5.54 Å². The molecule has 3 heterocycles. The van der Waals surface area contributed by atoms with Crippen LogP contribution in [0.1, 0.15) is 41.5 Å². The molecule has 0 aliphatic carbocycles. The Hall–Kier alpha value is -0.620. The Morgan fingerprint density at radius 2 is 2.09 bits per heavy atom. The number of thioether (sulfide) groups is 2. The fourth-order valence-corrected chi connectivity index (χ4v) is 5.42. The van der Waals surface area contributed by atoms with Crippen molar-refractivity contribution in [1.29, 1.82) is 0 Å². The number of amidine groups is 2. The van der Waals surface area contributed by atoms with Crippen molar-refractivity contribution in [3.05, 3.63) is 11.1 Å². The summed E-state index contributed by atoms with van der Waals surface area (Å²) in [4.78, 5) is 12.1. The standard InChI is InChI=1S/C17H28N4S2/c1-10(2)13-14(11(3)4)21-12(8-23-16(21)19-13)7-22-15-18-9-17(5,6)20-15/h8,10-11,13-14H,7,9H2,1-6H3,(H,18,20)/t13-,14+/m1/s1. The molecule has 0 amide bonds. The molecule has 0 aromatic heterocycles. The number of rotatable bonds is 4. The lowest BCUT2D eigenvalue weighted by Crippen LogP contribution is -2.43. The second-order valence-corrected chi connectivity index (χ2v) is 9.70. The molecule has 6 heteroatoms. The van der Waals surface area contributed by atoms with Gasteiger partial charge in [-0.25, -0.2) is 0 Å². The molecule has 0 saturated heterocycles. The van der Waals surface area contributed by atoms with Crippen LogP contribution in [0.3, 0.4) is 0 Å². The number of nitrogens with zero attached hydrogens (tertiary/aromatic N) is 3. The van der Waals surface area contributed by atoms with E-state index in [0.717, 1.165) is 17.5 Å². The highest BCUT2D eigenvalue weighted by Crippen LogP contribution is 2.41. The minimum absolute atomic E-state index is 0.102. The van der Waals surface area contributed by atoms with E-state index in [9.17, 15) is 0 Å². The van der Waals surface area contributed by atoms with Crippen molar-refractivity contribution in [3.8, 4) is 0 Å². The normalized spacial score (nSPS) is 28.9. The number of aliphatic imine (C=N–C) groups is 2. The highest BCUT2D eigenvalue weighted by atomic mass is 32.2. The molecule has 0 fully saturated rings. The minimum atomic E-state index is 0.102. The first-order valence-electron chi connectivity index (χ1n) is 8.46. The first-order chi connectivity index (χ1) is 10.8. The highest BCUT2D eigenvalue weighted by molar-refractivity contribution is 8.17. The van der Waals surface area contributed by atoms with Crippen molar-refractivity contribution >= 4 is 33.9 Å². The van der Waals surface area contributed by atoms with Crippen LogP contribution < -0.4 is 5.32 Å². The molecule has 3 rings (SSSR count). The third-order valence-corrected chi connectivity index (χ3v) is 6.36. The quantitative estimate of drug-likeness (QED) is 0.836. The number of hydrogen-bond acceptors (Lipinski definition) is 6. The molecule has 2 atom stereocenters. The molecule has 128 valence electrons. The lowest BCUT2D eigenvalue weighted by molar-refractivity contribution is 0.251. The summed E-state index contributed by atoms with van der Waals surface area (Å²) < 4.78 is 0. The predicted molar refractivity (Wildman–Crippen MR) is 104 cm³/mol. The SMILES string of the molecule is CC(C)[C@H]1N=C2SC=C(CSC3=NCC(C)(C)N3)N2[C@H]1C(C)C. The molecule has 4 nitrogen and oxygen atoms in total. The van der Waals surface area contributed by atoms with Crippen molar-refractivity contribution < 1.29 is 0 Å². The molecule has 0 spiro atoms. The summed E-state index contributed by atoms with van der Waals surface area (Å²) in [5.41, 5.74) is 1.49. The van der Waals surface area contributed by atoms with E-state index in [1.807, 2.05) is 11.8 Å². The van der Waals surface area contributed by atoms with Crippen LogP contribution in [0, 0.1) is 11.8 Å². The molecule has 0 saturated carbocycles. The van der Waals surface area contributed by atoms with E-state index in [0.29, 0.717) is 23.9 Å². The first-order valence-corrected chi connectivity index (χ1v) is 10.3. The number of fused-ring (bicyclic) bond motifs is 1. The molecular formula is C17H28N4S2. The van der Waals surface area contributed by atoms with Crippen LogP contribution in [0.2, 0.25) is 0 Å². The summed E-state index contributed by atoms with van der Waals surface area (Å²) in [5.74, 6) is 2.13. The van der Waals surface area contributed by atoms with Gasteiger partial charge in [-0.15, -0.1) is 0 Å². The third-order valence-electron chi connectivity index (χ3n) is 4.51. The molecule has 1 N–H and O–H groups in total. The number of hydrogen-bond donors (Lipinski definition) is 1. The van der Waals surface area contributed by atoms with E-state index in [2.05, 4.69) is 62.2 Å². The molecule has 0 unspecified atom stereocenters. The lowest BCUT2D eigenvalue weighted by atomic mass is 9.89. The van der Waals surface area contributed by atoms with Crippen molar-refractivity contribution in [3.63, 3.8) is 0 Å². The van der Waals surface area contributed by atoms with Gasteiger partial charge < -0.3 is 10.2 Å². The topological polar surface area (TPSA) is 40.0 Å². The molecule has 0 bridgehead atoms. The van der Waals surface area contributed by atoms with E-state index in [4.69, 9.17) is 4.99 Å². The van der Waals surface area contributed by atoms with Crippen LogP contribution in [0.4, 0.5) is 0 Å². The fourth-order valence-electron chi connectivity index (χ4n) is 3.33. The summed E-state index contributed by atoms with van der Waals surface area (Å²) >= 11 is 3.60. The fraction of sp³-hybridized carbons (Fsp3) is 0.765. The molecule has 0 aromatic carbocycles. The maximum Gasteiger partial charge on any atom is 0.168 e. The third kappa shape index (κ3) is 3.43. The largest absolute Gasteiger partial charge is 0.358 e. The minimum Gasteiger partial charge on any atom is -0.358 e. The average Bonchev–Trinajstić information content (AvgIpc) is 3.09. The number of nitrogens with one attached hydrogen (secondary N) is 1. The van der Waals surface area contributed by atoms with Gasteiger partial charge in [-0.3, -0.25) is 9.98 Å². The molecule has 3 aliphatic rings. The van der Waals surface area contributed by atoms with E-state index >= 15 is 0 Å². The maximum atomic E-state index is 5.00. The van der Waals surface area contributed by atoms with Gasteiger partial charge in [0.05, 0.1) is 24.2 Å².